The Morgan fingerprint density at radius 2 is 1.41 bits per heavy atom. The van der Waals surface area contributed by atoms with Crippen molar-refractivity contribution in [2.75, 3.05) is 6.61 Å². The highest BCUT2D eigenvalue weighted by atomic mass is 16.5. The molecule has 0 spiro atoms. The highest BCUT2D eigenvalue weighted by Gasteiger charge is 2.36. The number of ether oxygens (including phenoxy) is 1. The van der Waals surface area contributed by atoms with E-state index in [1.165, 1.54) is 0 Å². The van der Waals surface area contributed by atoms with Gasteiger partial charge in [0.1, 0.15) is 6.61 Å². The van der Waals surface area contributed by atoms with Crippen LogP contribution in [-0.2, 0) is 20.7 Å². The second kappa shape index (κ2) is 9.12. The van der Waals surface area contributed by atoms with Crippen molar-refractivity contribution in [1.29, 1.82) is 0 Å². The monoisotopic (exact) mass is 451 g/mol. The number of rotatable bonds is 7. The van der Waals surface area contributed by atoms with Crippen LogP contribution in [0.2, 0.25) is 0 Å². The third-order valence-electron chi connectivity index (χ3n) is 6.64. The lowest BCUT2D eigenvalue weighted by Gasteiger charge is -2.21. The number of carbonyl (C=O) groups excluding carboxylic acids is 1. The van der Waals surface area contributed by atoms with E-state index in [0.717, 1.165) is 38.6 Å². The number of carboxylic acid groups (broad SMARTS) is 1. The van der Waals surface area contributed by atoms with Crippen molar-refractivity contribution in [3.63, 3.8) is 0 Å². The van der Waals surface area contributed by atoms with Crippen LogP contribution in [0.3, 0.4) is 0 Å². The van der Waals surface area contributed by atoms with E-state index in [1.807, 2.05) is 78.9 Å². The number of carboxylic acids is 1. The quantitative estimate of drug-likeness (QED) is 0.312. The first kappa shape index (κ1) is 21.9. The largest absolute Gasteiger partial charge is 0.481 e. The van der Waals surface area contributed by atoms with Gasteiger partial charge in [0.15, 0.2) is 5.92 Å². The molecule has 0 heterocycles. The van der Waals surface area contributed by atoms with Gasteiger partial charge in [0.2, 0.25) is 0 Å². The maximum absolute atomic E-state index is 13.0. The van der Waals surface area contributed by atoms with Crippen molar-refractivity contribution < 1.29 is 19.4 Å². The Bertz CT molecular complexity index is 1330. The Hall–Kier alpha value is -3.96. The second-order valence-electron chi connectivity index (χ2n) is 8.68. The van der Waals surface area contributed by atoms with E-state index in [2.05, 4.69) is 12.1 Å². The van der Waals surface area contributed by atoms with Crippen LogP contribution in [0.1, 0.15) is 22.6 Å². The highest BCUT2D eigenvalue weighted by Crippen LogP contribution is 2.44. The third-order valence-corrected chi connectivity index (χ3v) is 6.64. The number of carbonyl (C=O) groups is 2. The molecule has 0 radical (unpaired) electrons. The van der Waals surface area contributed by atoms with Gasteiger partial charge in [-0.2, -0.15) is 0 Å². The molecule has 1 aliphatic rings. The van der Waals surface area contributed by atoms with Gasteiger partial charge in [0, 0.05) is 12.0 Å². The summed E-state index contributed by atoms with van der Waals surface area (Å²) in [6.45, 7) is 0.0671. The molecule has 0 fully saturated rings. The molecular formula is C29H25NO4. The average molecular weight is 452 g/mol. The van der Waals surface area contributed by atoms with Gasteiger partial charge in [-0.25, -0.2) is 0 Å². The minimum Gasteiger partial charge on any atom is -0.481 e. The number of nitrogens with two attached hydrogens (primary N) is 1. The third kappa shape index (κ3) is 3.95. The molecule has 4 aromatic carbocycles. The van der Waals surface area contributed by atoms with Gasteiger partial charge in [0.05, 0.1) is 0 Å². The fourth-order valence-electron chi connectivity index (χ4n) is 5.00. The Kier molecular flexibility index (Phi) is 5.86. The summed E-state index contributed by atoms with van der Waals surface area (Å²) in [6, 6.07) is 28.8. The number of aliphatic carboxylic acids is 1. The predicted octanol–water partition coefficient (Wildman–Crippen LogP) is 4.77. The molecule has 0 aromatic heterocycles. The summed E-state index contributed by atoms with van der Waals surface area (Å²) in [5.41, 5.74) is 11.6. The van der Waals surface area contributed by atoms with Crippen LogP contribution in [-0.4, -0.2) is 29.7 Å². The van der Waals surface area contributed by atoms with E-state index < -0.39 is 23.9 Å². The summed E-state index contributed by atoms with van der Waals surface area (Å²) in [5.74, 6) is -3.67. The molecule has 0 bridgehead atoms. The van der Waals surface area contributed by atoms with Crippen LogP contribution in [0.4, 0.5) is 0 Å². The fraction of sp³-hybridized carbons (Fsp3) is 0.172. The van der Waals surface area contributed by atoms with Crippen LogP contribution in [0, 0.1) is 5.92 Å². The van der Waals surface area contributed by atoms with E-state index in [0.29, 0.717) is 0 Å². The predicted molar refractivity (Wildman–Crippen MR) is 131 cm³/mol. The molecule has 1 unspecified atom stereocenters. The van der Waals surface area contributed by atoms with Gasteiger partial charge in [-0.1, -0.05) is 91.0 Å². The molecule has 0 saturated carbocycles. The van der Waals surface area contributed by atoms with Crippen LogP contribution in [0.15, 0.2) is 91.0 Å². The van der Waals surface area contributed by atoms with Gasteiger partial charge in [0.25, 0.3) is 0 Å². The summed E-state index contributed by atoms with van der Waals surface area (Å²) in [4.78, 5) is 25.0. The molecule has 3 N–H and O–H groups in total. The minimum absolute atomic E-state index is 0.0671. The van der Waals surface area contributed by atoms with Crippen molar-refractivity contribution in [2.45, 2.75) is 18.4 Å². The Morgan fingerprint density at radius 1 is 0.824 bits per heavy atom. The van der Waals surface area contributed by atoms with E-state index in [9.17, 15) is 14.7 Å². The van der Waals surface area contributed by atoms with Crippen LogP contribution in [0.5, 0.6) is 0 Å². The summed E-state index contributed by atoms with van der Waals surface area (Å²) in [7, 11) is 0. The van der Waals surface area contributed by atoms with Crippen molar-refractivity contribution in [2.24, 2.45) is 11.7 Å². The Balaban J connectivity index is 1.34. The molecule has 4 aromatic rings. The second-order valence-corrected chi connectivity index (χ2v) is 8.68. The molecule has 2 atom stereocenters. The molecule has 34 heavy (non-hydrogen) atoms. The minimum atomic E-state index is -1.45. The molecule has 1 aliphatic carbocycles. The summed E-state index contributed by atoms with van der Waals surface area (Å²) >= 11 is 0. The summed E-state index contributed by atoms with van der Waals surface area (Å²) < 4.78 is 5.61. The molecule has 0 saturated heterocycles. The van der Waals surface area contributed by atoms with E-state index in [-0.39, 0.29) is 18.9 Å². The van der Waals surface area contributed by atoms with E-state index >= 15 is 0 Å². The molecule has 5 heteroatoms. The van der Waals surface area contributed by atoms with Crippen molar-refractivity contribution in [1.82, 2.24) is 0 Å². The maximum atomic E-state index is 13.0. The molecule has 0 aliphatic heterocycles. The Labute approximate surface area is 197 Å². The smallest absolute Gasteiger partial charge is 0.321 e. The van der Waals surface area contributed by atoms with Gasteiger partial charge < -0.3 is 15.6 Å². The zero-order valence-electron chi connectivity index (χ0n) is 18.6. The Morgan fingerprint density at radius 3 is 2.09 bits per heavy atom. The summed E-state index contributed by atoms with van der Waals surface area (Å²) in [6.07, 6.45) is 0.252. The van der Waals surface area contributed by atoms with Crippen molar-refractivity contribution >= 4 is 22.7 Å². The molecule has 5 rings (SSSR count). The highest BCUT2D eigenvalue weighted by molar-refractivity contribution is 5.95. The molecule has 170 valence electrons. The first-order valence-corrected chi connectivity index (χ1v) is 11.3. The van der Waals surface area contributed by atoms with Crippen molar-refractivity contribution in [3.05, 3.63) is 108 Å². The first-order valence-electron chi connectivity index (χ1n) is 11.3. The van der Waals surface area contributed by atoms with Crippen LogP contribution >= 0.6 is 0 Å². The van der Waals surface area contributed by atoms with Gasteiger partial charge in [-0.05, 0) is 45.0 Å². The number of hydrogen-bond donors (Lipinski definition) is 2. The van der Waals surface area contributed by atoms with Gasteiger partial charge >= 0.3 is 11.9 Å². The van der Waals surface area contributed by atoms with E-state index in [1.54, 1.807) is 0 Å². The SMILES string of the molecule is NC(Cc1cccc2ccccc12)[C@@H](C(=O)O)C(=O)OCC1c2ccccc2-c2ccccc21. The van der Waals surface area contributed by atoms with Crippen molar-refractivity contribution in [3.8, 4) is 11.1 Å². The lowest BCUT2D eigenvalue weighted by molar-refractivity contribution is -0.159. The summed E-state index contributed by atoms with van der Waals surface area (Å²) in [5, 5.41) is 11.9. The molecule has 0 amide bonds. The standard InChI is InChI=1S/C29H25NO4/c30-26(16-19-10-7-9-18-8-1-2-11-20(18)19)27(28(31)32)29(33)34-17-25-23-14-5-3-12-21(23)22-13-4-6-15-24(22)25/h1-15,25-27H,16-17,30H2,(H,31,32)/t26?,27-/m0/s1. The average Bonchev–Trinajstić information content (AvgIpc) is 3.16. The zero-order chi connectivity index (χ0) is 23.7. The molecule has 5 nitrogen and oxygen atoms in total. The molecular weight excluding hydrogens is 426 g/mol. The van der Waals surface area contributed by atoms with E-state index in [4.69, 9.17) is 10.5 Å². The first-order chi connectivity index (χ1) is 16.5. The number of fused-ring (bicyclic) bond motifs is 4. The van der Waals surface area contributed by atoms with Gasteiger partial charge in [-0.3, -0.25) is 9.59 Å². The number of esters is 1. The lowest BCUT2D eigenvalue weighted by Crippen LogP contribution is -2.43. The maximum Gasteiger partial charge on any atom is 0.321 e. The van der Waals surface area contributed by atoms with Crippen LogP contribution in [0.25, 0.3) is 21.9 Å². The topological polar surface area (TPSA) is 89.6 Å². The number of hydrogen-bond acceptors (Lipinski definition) is 4. The lowest BCUT2D eigenvalue weighted by atomic mass is 9.91. The normalized spacial score (nSPS) is 14.3. The van der Waals surface area contributed by atoms with Gasteiger partial charge in [-0.15, -0.1) is 0 Å². The number of benzene rings is 4. The fourth-order valence-corrected chi connectivity index (χ4v) is 5.00. The zero-order valence-corrected chi connectivity index (χ0v) is 18.6. The van der Waals surface area contributed by atoms with Crippen LogP contribution < -0.4 is 5.73 Å².